The van der Waals surface area contributed by atoms with Gasteiger partial charge in [-0.1, -0.05) is 0 Å². The molecular formula is C13H13N3OS. The first-order chi connectivity index (χ1) is 8.66. The van der Waals surface area contributed by atoms with Gasteiger partial charge in [0, 0.05) is 6.20 Å². The summed E-state index contributed by atoms with van der Waals surface area (Å²) in [4.78, 5) is 7.25. The topological polar surface area (TPSA) is 46.8 Å². The van der Waals surface area contributed by atoms with E-state index >= 15 is 0 Å². The zero-order valence-electron chi connectivity index (χ0n) is 10.2. The van der Waals surface area contributed by atoms with Gasteiger partial charge in [-0.25, -0.2) is 0 Å². The number of furan rings is 1. The molecule has 5 heteroatoms. The molecule has 1 N–H and O–H groups in total. The van der Waals surface area contributed by atoms with Crippen LogP contribution in [0.4, 0.5) is 0 Å². The van der Waals surface area contributed by atoms with Gasteiger partial charge in [-0.15, -0.1) is 0 Å². The van der Waals surface area contributed by atoms with Crippen LogP contribution in [0.1, 0.15) is 24.5 Å². The number of hydrogen-bond donors (Lipinski definition) is 1. The Kier molecular flexibility index (Phi) is 2.56. The maximum Gasteiger partial charge on any atom is 0.178 e. The van der Waals surface area contributed by atoms with Crippen LogP contribution in [0.25, 0.3) is 11.0 Å². The SMILES string of the molecule is Cc1ccc(C(C)n2c(=S)[nH]c3cnccc32)o1. The monoisotopic (exact) mass is 259 g/mol. The Hall–Kier alpha value is -1.88. The Morgan fingerprint density at radius 3 is 2.94 bits per heavy atom. The molecule has 0 amide bonds. The van der Waals surface area contributed by atoms with E-state index in [2.05, 4.69) is 16.9 Å². The molecule has 0 spiro atoms. The van der Waals surface area contributed by atoms with E-state index in [1.54, 1.807) is 12.4 Å². The van der Waals surface area contributed by atoms with Crippen molar-refractivity contribution in [3.05, 3.63) is 46.9 Å². The summed E-state index contributed by atoms with van der Waals surface area (Å²) >= 11 is 5.37. The Morgan fingerprint density at radius 2 is 2.22 bits per heavy atom. The molecule has 0 bridgehead atoms. The van der Waals surface area contributed by atoms with Crippen LogP contribution in [0.3, 0.4) is 0 Å². The molecular weight excluding hydrogens is 246 g/mol. The lowest BCUT2D eigenvalue weighted by Gasteiger charge is -2.11. The van der Waals surface area contributed by atoms with Gasteiger partial charge in [0.1, 0.15) is 11.5 Å². The lowest BCUT2D eigenvalue weighted by molar-refractivity contribution is 0.431. The first-order valence-electron chi connectivity index (χ1n) is 5.77. The molecule has 0 fully saturated rings. The van der Waals surface area contributed by atoms with Gasteiger partial charge in [0.25, 0.3) is 0 Å². The number of H-pyrrole nitrogens is 1. The third kappa shape index (κ3) is 1.67. The number of aromatic nitrogens is 3. The standard InChI is InChI=1S/C13H13N3OS/c1-8-3-4-12(17-8)9(2)16-11-5-6-14-7-10(11)15-13(16)18/h3-7,9H,1-2H3,(H,15,18). The van der Waals surface area contributed by atoms with E-state index in [0.29, 0.717) is 4.77 Å². The fourth-order valence-corrected chi connectivity index (χ4v) is 2.53. The Balaban J connectivity index is 2.19. The average molecular weight is 259 g/mol. The predicted molar refractivity (Wildman–Crippen MR) is 72.2 cm³/mol. The number of fused-ring (bicyclic) bond motifs is 1. The quantitative estimate of drug-likeness (QED) is 0.715. The summed E-state index contributed by atoms with van der Waals surface area (Å²) in [7, 11) is 0. The van der Waals surface area contributed by atoms with Gasteiger partial charge in [0.2, 0.25) is 0 Å². The minimum atomic E-state index is 0.0577. The van der Waals surface area contributed by atoms with Crippen LogP contribution in [-0.2, 0) is 0 Å². The van der Waals surface area contributed by atoms with Crippen LogP contribution in [0.15, 0.2) is 35.0 Å². The Labute approximate surface area is 109 Å². The second-order valence-corrected chi connectivity index (χ2v) is 4.70. The molecule has 1 atom stereocenters. The number of nitrogens with zero attached hydrogens (tertiary/aromatic N) is 2. The average Bonchev–Trinajstić information content (AvgIpc) is 2.91. The van der Waals surface area contributed by atoms with Crippen molar-refractivity contribution in [1.82, 2.24) is 14.5 Å². The molecule has 92 valence electrons. The van der Waals surface area contributed by atoms with Crippen molar-refractivity contribution < 1.29 is 4.42 Å². The summed E-state index contributed by atoms with van der Waals surface area (Å²) in [5.41, 5.74) is 1.98. The van der Waals surface area contributed by atoms with Crippen LogP contribution in [-0.4, -0.2) is 14.5 Å². The normalized spacial score (nSPS) is 13.0. The molecule has 0 saturated carbocycles. The highest BCUT2D eigenvalue weighted by atomic mass is 32.1. The molecule has 0 aliphatic rings. The minimum absolute atomic E-state index is 0.0577. The molecule has 3 rings (SSSR count). The first-order valence-corrected chi connectivity index (χ1v) is 6.18. The molecule has 4 nitrogen and oxygen atoms in total. The highest BCUT2D eigenvalue weighted by molar-refractivity contribution is 7.71. The molecule has 0 aliphatic carbocycles. The van der Waals surface area contributed by atoms with Crippen LogP contribution in [0.2, 0.25) is 0 Å². The predicted octanol–water partition coefficient (Wildman–Crippen LogP) is 3.60. The van der Waals surface area contributed by atoms with E-state index in [0.717, 1.165) is 22.6 Å². The number of aryl methyl sites for hydroxylation is 1. The molecule has 0 radical (unpaired) electrons. The number of imidazole rings is 1. The number of aromatic amines is 1. The van der Waals surface area contributed by atoms with Crippen molar-refractivity contribution in [2.45, 2.75) is 19.9 Å². The smallest absolute Gasteiger partial charge is 0.178 e. The zero-order chi connectivity index (χ0) is 12.7. The van der Waals surface area contributed by atoms with E-state index in [9.17, 15) is 0 Å². The summed E-state index contributed by atoms with van der Waals surface area (Å²) in [6, 6.07) is 5.96. The lowest BCUT2D eigenvalue weighted by Crippen LogP contribution is -2.05. The first kappa shape index (κ1) is 11.2. The number of pyridine rings is 1. The molecule has 1 unspecified atom stereocenters. The molecule has 0 aliphatic heterocycles. The van der Waals surface area contributed by atoms with Crippen LogP contribution in [0, 0.1) is 11.7 Å². The fourth-order valence-electron chi connectivity index (χ4n) is 2.17. The molecule has 3 aromatic heterocycles. The van der Waals surface area contributed by atoms with E-state index in [1.807, 2.05) is 29.7 Å². The highest BCUT2D eigenvalue weighted by Gasteiger charge is 2.15. The minimum Gasteiger partial charge on any atom is -0.464 e. The Bertz CT molecular complexity index is 753. The molecule has 3 aromatic rings. The largest absolute Gasteiger partial charge is 0.464 e. The second kappa shape index (κ2) is 4.10. The van der Waals surface area contributed by atoms with Crippen molar-refractivity contribution in [3.8, 4) is 0 Å². The summed E-state index contributed by atoms with van der Waals surface area (Å²) in [6.45, 7) is 4.01. The van der Waals surface area contributed by atoms with Gasteiger partial charge in [-0.05, 0) is 44.3 Å². The van der Waals surface area contributed by atoms with E-state index in [1.165, 1.54) is 0 Å². The van der Waals surface area contributed by atoms with Crippen molar-refractivity contribution in [2.75, 3.05) is 0 Å². The maximum absolute atomic E-state index is 5.68. The van der Waals surface area contributed by atoms with Crippen molar-refractivity contribution >= 4 is 23.3 Å². The van der Waals surface area contributed by atoms with Gasteiger partial charge in [-0.3, -0.25) is 4.98 Å². The number of hydrogen-bond acceptors (Lipinski definition) is 3. The van der Waals surface area contributed by atoms with Crippen LogP contribution < -0.4 is 0 Å². The van der Waals surface area contributed by atoms with Crippen molar-refractivity contribution in [2.24, 2.45) is 0 Å². The van der Waals surface area contributed by atoms with E-state index in [4.69, 9.17) is 16.6 Å². The highest BCUT2D eigenvalue weighted by Crippen LogP contribution is 2.25. The number of rotatable bonds is 2. The summed E-state index contributed by atoms with van der Waals surface area (Å²) < 4.78 is 8.40. The lowest BCUT2D eigenvalue weighted by atomic mass is 10.2. The van der Waals surface area contributed by atoms with Gasteiger partial charge >= 0.3 is 0 Å². The molecule has 3 heterocycles. The van der Waals surface area contributed by atoms with Crippen LogP contribution >= 0.6 is 12.2 Å². The molecule has 18 heavy (non-hydrogen) atoms. The van der Waals surface area contributed by atoms with Gasteiger partial charge in [0.15, 0.2) is 4.77 Å². The second-order valence-electron chi connectivity index (χ2n) is 4.32. The zero-order valence-corrected chi connectivity index (χ0v) is 11.0. The summed E-state index contributed by atoms with van der Waals surface area (Å²) in [6.07, 6.45) is 3.54. The number of nitrogens with one attached hydrogen (secondary N) is 1. The van der Waals surface area contributed by atoms with E-state index < -0.39 is 0 Å². The van der Waals surface area contributed by atoms with E-state index in [-0.39, 0.29) is 6.04 Å². The van der Waals surface area contributed by atoms with Gasteiger partial charge in [0.05, 0.1) is 23.3 Å². The fraction of sp³-hybridized carbons (Fsp3) is 0.231. The van der Waals surface area contributed by atoms with Crippen molar-refractivity contribution in [1.29, 1.82) is 0 Å². The van der Waals surface area contributed by atoms with Crippen LogP contribution in [0.5, 0.6) is 0 Å². The summed E-state index contributed by atoms with van der Waals surface area (Å²) in [5.74, 6) is 1.81. The summed E-state index contributed by atoms with van der Waals surface area (Å²) in [5, 5.41) is 0. The third-order valence-corrected chi connectivity index (χ3v) is 3.38. The third-order valence-electron chi connectivity index (χ3n) is 3.08. The van der Waals surface area contributed by atoms with Crippen molar-refractivity contribution in [3.63, 3.8) is 0 Å². The molecule has 0 aromatic carbocycles. The maximum atomic E-state index is 5.68. The molecule has 0 saturated heterocycles. The van der Waals surface area contributed by atoms with Gasteiger partial charge in [-0.2, -0.15) is 0 Å². The van der Waals surface area contributed by atoms with Gasteiger partial charge < -0.3 is 14.0 Å². The Morgan fingerprint density at radius 1 is 1.39 bits per heavy atom.